The van der Waals surface area contributed by atoms with Crippen molar-refractivity contribution in [2.75, 3.05) is 17.4 Å². The number of nitrogens with one attached hydrogen (secondary N) is 1. The van der Waals surface area contributed by atoms with E-state index in [0.717, 1.165) is 27.4 Å². The zero-order valence-electron chi connectivity index (χ0n) is 25.2. The van der Waals surface area contributed by atoms with E-state index in [1.165, 1.54) is 29.2 Å². The Morgan fingerprint density at radius 2 is 1.43 bits per heavy atom. The molecule has 0 saturated carbocycles. The van der Waals surface area contributed by atoms with Crippen molar-refractivity contribution in [3.05, 3.63) is 130 Å². The first-order valence-electron chi connectivity index (χ1n) is 14.6. The van der Waals surface area contributed by atoms with Crippen LogP contribution in [0, 0.1) is 13.8 Å². The molecule has 0 aliphatic carbocycles. The van der Waals surface area contributed by atoms with E-state index in [2.05, 4.69) is 5.32 Å². The summed E-state index contributed by atoms with van der Waals surface area (Å²) >= 11 is 6.06. The lowest BCUT2D eigenvalue weighted by molar-refractivity contribution is -0.140. The summed E-state index contributed by atoms with van der Waals surface area (Å²) in [4.78, 5) is 29.8. The van der Waals surface area contributed by atoms with E-state index in [9.17, 15) is 18.0 Å². The summed E-state index contributed by atoms with van der Waals surface area (Å²) in [6.45, 7) is 5.79. The predicted octanol–water partition coefficient (Wildman–Crippen LogP) is 6.32. The van der Waals surface area contributed by atoms with Gasteiger partial charge in [0.05, 0.1) is 10.6 Å². The van der Waals surface area contributed by atoms with Crippen LogP contribution in [0.4, 0.5) is 5.69 Å². The Labute approximate surface area is 265 Å². The topological polar surface area (TPSA) is 86.8 Å². The van der Waals surface area contributed by atoms with Gasteiger partial charge in [0, 0.05) is 24.5 Å². The van der Waals surface area contributed by atoms with Crippen LogP contribution in [-0.4, -0.2) is 44.3 Å². The van der Waals surface area contributed by atoms with E-state index in [1.54, 1.807) is 25.1 Å². The standard InChI is InChI=1S/C35H38ClN3O4S/c1-4-22-37-35(41)33(23-28-14-6-5-7-15-28)38(24-29-16-10-8-12-26(29)2)34(40)25-39(32-17-11-9-13-27(32)3)44(42,43)31-20-18-30(36)19-21-31/h5-21,33H,4,22-25H2,1-3H3,(H,37,41)/t33-/m1/s1. The molecule has 0 aromatic heterocycles. The number of hydrogen-bond donors (Lipinski definition) is 1. The lowest BCUT2D eigenvalue weighted by atomic mass is 10.0. The Morgan fingerprint density at radius 1 is 0.818 bits per heavy atom. The Morgan fingerprint density at radius 3 is 2.07 bits per heavy atom. The number of benzene rings is 4. The van der Waals surface area contributed by atoms with Crippen LogP contribution < -0.4 is 9.62 Å². The maximum atomic E-state index is 14.5. The largest absolute Gasteiger partial charge is 0.354 e. The molecule has 0 saturated heterocycles. The third kappa shape index (κ3) is 8.07. The van der Waals surface area contributed by atoms with Crippen molar-refractivity contribution in [1.29, 1.82) is 0 Å². The molecule has 4 rings (SSSR count). The Bertz CT molecular complexity index is 1680. The molecular weight excluding hydrogens is 594 g/mol. The lowest BCUT2D eigenvalue weighted by Gasteiger charge is -2.34. The highest BCUT2D eigenvalue weighted by Crippen LogP contribution is 2.28. The van der Waals surface area contributed by atoms with Gasteiger partial charge in [-0.15, -0.1) is 0 Å². The van der Waals surface area contributed by atoms with Crippen molar-refractivity contribution in [2.45, 2.75) is 51.1 Å². The van der Waals surface area contributed by atoms with Gasteiger partial charge in [0.25, 0.3) is 10.0 Å². The van der Waals surface area contributed by atoms with Gasteiger partial charge in [-0.3, -0.25) is 13.9 Å². The average Bonchev–Trinajstić information content (AvgIpc) is 3.02. The Kier molecular flexibility index (Phi) is 11.2. The molecule has 0 spiro atoms. The molecule has 7 nitrogen and oxygen atoms in total. The summed E-state index contributed by atoms with van der Waals surface area (Å²) in [5, 5.41) is 3.36. The van der Waals surface area contributed by atoms with Crippen LogP contribution in [-0.2, 0) is 32.6 Å². The molecule has 2 amide bonds. The number of carbonyl (C=O) groups is 2. The van der Waals surface area contributed by atoms with Gasteiger partial charge in [-0.2, -0.15) is 0 Å². The highest BCUT2D eigenvalue weighted by atomic mass is 35.5. The highest BCUT2D eigenvalue weighted by molar-refractivity contribution is 7.92. The molecule has 0 aliphatic heterocycles. The van der Waals surface area contributed by atoms with Crippen molar-refractivity contribution < 1.29 is 18.0 Å². The molecule has 4 aromatic carbocycles. The minimum Gasteiger partial charge on any atom is -0.354 e. The van der Waals surface area contributed by atoms with Gasteiger partial charge in [0.15, 0.2) is 0 Å². The molecule has 1 atom stereocenters. The van der Waals surface area contributed by atoms with Crippen molar-refractivity contribution in [3.8, 4) is 0 Å². The molecular formula is C35H38ClN3O4S. The number of aryl methyl sites for hydroxylation is 2. The number of nitrogens with zero attached hydrogens (tertiary/aromatic N) is 2. The fourth-order valence-electron chi connectivity index (χ4n) is 4.98. The summed E-state index contributed by atoms with van der Waals surface area (Å²) in [6, 6.07) is 29.2. The number of hydrogen-bond acceptors (Lipinski definition) is 4. The first-order chi connectivity index (χ1) is 21.1. The third-order valence-corrected chi connectivity index (χ3v) is 9.51. The van der Waals surface area contributed by atoms with Gasteiger partial charge in [-0.25, -0.2) is 8.42 Å². The normalized spacial score (nSPS) is 11.9. The fourth-order valence-corrected chi connectivity index (χ4v) is 6.59. The minimum atomic E-state index is -4.20. The number of halogens is 1. The Balaban J connectivity index is 1.81. The number of anilines is 1. The first-order valence-corrected chi connectivity index (χ1v) is 16.4. The smallest absolute Gasteiger partial charge is 0.264 e. The van der Waals surface area contributed by atoms with E-state index in [4.69, 9.17) is 11.6 Å². The van der Waals surface area contributed by atoms with Crippen LogP contribution in [0.1, 0.15) is 35.6 Å². The molecule has 0 aliphatic rings. The second-order valence-corrected chi connectivity index (χ2v) is 13.0. The van der Waals surface area contributed by atoms with E-state index >= 15 is 0 Å². The van der Waals surface area contributed by atoms with Crippen molar-refractivity contribution in [3.63, 3.8) is 0 Å². The molecule has 1 N–H and O–H groups in total. The average molecular weight is 632 g/mol. The summed E-state index contributed by atoms with van der Waals surface area (Å²) in [6.07, 6.45) is 0.998. The van der Waals surface area contributed by atoms with E-state index in [0.29, 0.717) is 22.8 Å². The number of carbonyl (C=O) groups excluding carboxylic acids is 2. The zero-order chi connectivity index (χ0) is 31.7. The van der Waals surface area contributed by atoms with Gasteiger partial charge in [0.1, 0.15) is 12.6 Å². The SMILES string of the molecule is CCCNC(=O)[C@@H](Cc1ccccc1)N(Cc1ccccc1C)C(=O)CN(c1ccccc1C)S(=O)(=O)c1ccc(Cl)cc1. The molecule has 0 radical (unpaired) electrons. The van der Waals surface area contributed by atoms with Crippen LogP contribution >= 0.6 is 11.6 Å². The number of amides is 2. The van der Waals surface area contributed by atoms with Crippen molar-refractivity contribution in [2.24, 2.45) is 0 Å². The third-order valence-electron chi connectivity index (χ3n) is 7.49. The summed E-state index contributed by atoms with van der Waals surface area (Å²) in [5.41, 5.74) is 3.77. The number of para-hydroxylation sites is 1. The molecule has 4 aromatic rings. The molecule has 0 bridgehead atoms. The molecule has 9 heteroatoms. The van der Waals surface area contributed by atoms with E-state index in [-0.39, 0.29) is 23.8 Å². The first kappa shape index (κ1) is 32.8. The van der Waals surface area contributed by atoms with E-state index in [1.807, 2.05) is 74.5 Å². The molecule has 230 valence electrons. The Hall–Kier alpha value is -4.14. The maximum Gasteiger partial charge on any atom is 0.264 e. The van der Waals surface area contributed by atoms with Gasteiger partial charge < -0.3 is 10.2 Å². The monoisotopic (exact) mass is 631 g/mol. The second-order valence-electron chi connectivity index (χ2n) is 10.7. The molecule has 0 fully saturated rings. The fraction of sp³-hybridized carbons (Fsp3) is 0.257. The second kappa shape index (κ2) is 15.0. The van der Waals surface area contributed by atoms with Crippen LogP contribution in [0.25, 0.3) is 0 Å². The molecule has 0 heterocycles. The van der Waals surface area contributed by atoms with Gasteiger partial charge in [-0.1, -0.05) is 91.3 Å². The zero-order valence-corrected chi connectivity index (χ0v) is 26.8. The highest BCUT2D eigenvalue weighted by Gasteiger charge is 2.35. The summed E-state index contributed by atoms with van der Waals surface area (Å²) < 4.78 is 29.4. The maximum absolute atomic E-state index is 14.5. The predicted molar refractivity (Wildman–Crippen MR) is 176 cm³/mol. The van der Waals surface area contributed by atoms with Crippen LogP contribution in [0.2, 0.25) is 5.02 Å². The molecule has 44 heavy (non-hydrogen) atoms. The molecule has 0 unspecified atom stereocenters. The van der Waals surface area contributed by atoms with Crippen LogP contribution in [0.3, 0.4) is 0 Å². The quantitative estimate of drug-likeness (QED) is 0.187. The summed E-state index contributed by atoms with van der Waals surface area (Å²) in [5.74, 6) is -0.790. The lowest BCUT2D eigenvalue weighted by Crippen LogP contribution is -2.53. The summed E-state index contributed by atoms with van der Waals surface area (Å²) in [7, 11) is -4.20. The van der Waals surface area contributed by atoms with Crippen molar-refractivity contribution >= 4 is 39.1 Å². The number of rotatable bonds is 13. The van der Waals surface area contributed by atoms with Crippen LogP contribution in [0.15, 0.2) is 108 Å². The van der Waals surface area contributed by atoms with Gasteiger partial charge in [0.2, 0.25) is 11.8 Å². The van der Waals surface area contributed by atoms with Crippen LogP contribution in [0.5, 0.6) is 0 Å². The van der Waals surface area contributed by atoms with Gasteiger partial charge >= 0.3 is 0 Å². The van der Waals surface area contributed by atoms with Gasteiger partial charge in [-0.05, 0) is 72.9 Å². The minimum absolute atomic E-state index is 0.00457. The number of sulfonamides is 1. The van der Waals surface area contributed by atoms with E-state index < -0.39 is 28.5 Å². The van der Waals surface area contributed by atoms with Crippen molar-refractivity contribution in [1.82, 2.24) is 10.2 Å².